The van der Waals surface area contributed by atoms with Crippen LogP contribution in [0.3, 0.4) is 0 Å². The number of piperazine rings is 1. The van der Waals surface area contributed by atoms with E-state index in [9.17, 15) is 4.79 Å². The zero-order chi connectivity index (χ0) is 19.2. The number of benzene rings is 2. The van der Waals surface area contributed by atoms with Crippen molar-refractivity contribution in [1.82, 2.24) is 4.90 Å². The summed E-state index contributed by atoms with van der Waals surface area (Å²) in [6, 6.07) is 12.8. The quantitative estimate of drug-likeness (QED) is 0.809. The Kier molecular flexibility index (Phi) is 6.58. The van der Waals surface area contributed by atoms with Gasteiger partial charge in [0.25, 0.3) is 5.91 Å². The van der Waals surface area contributed by atoms with Crippen molar-refractivity contribution in [3.05, 3.63) is 53.1 Å². The van der Waals surface area contributed by atoms with Crippen LogP contribution in [0.25, 0.3) is 0 Å². The van der Waals surface area contributed by atoms with Crippen LogP contribution in [0.4, 0.5) is 11.4 Å². The highest BCUT2D eigenvalue weighted by Gasteiger charge is 2.21. The highest BCUT2D eigenvalue weighted by Crippen LogP contribution is 2.35. The van der Waals surface area contributed by atoms with Gasteiger partial charge in [-0.25, -0.2) is 0 Å². The molecule has 0 spiro atoms. The summed E-state index contributed by atoms with van der Waals surface area (Å²) in [5, 5.41) is 3.68. The van der Waals surface area contributed by atoms with Crippen LogP contribution in [0.2, 0.25) is 5.02 Å². The molecule has 1 aliphatic heterocycles. The highest BCUT2D eigenvalue weighted by atomic mass is 35.5. The topological polar surface area (TPSA) is 44.8 Å². The second-order valence-electron chi connectivity index (χ2n) is 6.47. The lowest BCUT2D eigenvalue weighted by molar-refractivity contribution is 0.102. The number of ether oxygens (including phenoxy) is 1. The first-order chi connectivity index (χ1) is 13.1. The van der Waals surface area contributed by atoms with Crippen molar-refractivity contribution >= 4 is 28.9 Å². The molecule has 5 nitrogen and oxygen atoms in total. The maximum atomic E-state index is 12.7. The molecule has 0 bridgehead atoms. The maximum Gasteiger partial charge on any atom is 0.255 e. The van der Waals surface area contributed by atoms with Gasteiger partial charge in [-0.15, -0.1) is 0 Å². The molecule has 144 valence electrons. The number of nitrogens with one attached hydrogen (secondary N) is 1. The Morgan fingerprint density at radius 1 is 1.07 bits per heavy atom. The Labute approximate surface area is 165 Å². The summed E-state index contributed by atoms with van der Waals surface area (Å²) in [5.41, 5.74) is 2.22. The van der Waals surface area contributed by atoms with Gasteiger partial charge in [0.15, 0.2) is 0 Å². The number of anilines is 2. The third kappa shape index (κ3) is 4.73. The van der Waals surface area contributed by atoms with Crippen LogP contribution in [0.1, 0.15) is 24.2 Å². The molecule has 0 aromatic heterocycles. The zero-order valence-electron chi connectivity index (χ0n) is 15.9. The first-order valence-electron chi connectivity index (χ1n) is 9.42. The van der Waals surface area contributed by atoms with E-state index in [1.165, 1.54) is 0 Å². The average molecular weight is 388 g/mol. The number of carbonyl (C=O) groups excluding carboxylic acids is 1. The summed E-state index contributed by atoms with van der Waals surface area (Å²) in [7, 11) is 0. The molecule has 1 saturated heterocycles. The van der Waals surface area contributed by atoms with Crippen LogP contribution in [0, 0.1) is 0 Å². The number of rotatable bonds is 6. The summed E-state index contributed by atoms with van der Waals surface area (Å²) >= 11 is 6.49. The lowest BCUT2D eigenvalue weighted by atomic mass is 10.1. The molecular weight excluding hydrogens is 362 g/mol. The summed E-state index contributed by atoms with van der Waals surface area (Å²) < 4.78 is 5.43. The summed E-state index contributed by atoms with van der Waals surface area (Å²) in [6.07, 6.45) is 0. The zero-order valence-corrected chi connectivity index (χ0v) is 16.6. The van der Waals surface area contributed by atoms with E-state index >= 15 is 0 Å². The van der Waals surface area contributed by atoms with Crippen LogP contribution in [-0.2, 0) is 0 Å². The Hall–Kier alpha value is -2.24. The fourth-order valence-electron chi connectivity index (χ4n) is 3.29. The molecule has 0 unspecified atom stereocenters. The van der Waals surface area contributed by atoms with Crippen molar-refractivity contribution in [2.24, 2.45) is 0 Å². The van der Waals surface area contributed by atoms with Gasteiger partial charge in [-0.1, -0.05) is 24.6 Å². The van der Waals surface area contributed by atoms with E-state index < -0.39 is 0 Å². The standard InChI is InChI=1S/C21H26ClN3O2/c1-3-24-12-14-25(15-13-24)20-18(22)6-5-7-19(20)23-21(26)16-8-10-17(11-9-16)27-4-2/h5-11H,3-4,12-15H2,1-2H3,(H,23,26). The van der Waals surface area contributed by atoms with E-state index in [-0.39, 0.29) is 5.91 Å². The van der Waals surface area contributed by atoms with Gasteiger partial charge in [0.1, 0.15) is 5.75 Å². The Balaban J connectivity index is 1.76. The fourth-order valence-corrected chi connectivity index (χ4v) is 3.58. The number of likely N-dealkylation sites (N-methyl/N-ethyl adjacent to an activating group) is 1. The number of carbonyl (C=O) groups is 1. The van der Waals surface area contributed by atoms with Crippen LogP contribution < -0.4 is 15.0 Å². The number of hydrogen-bond acceptors (Lipinski definition) is 4. The van der Waals surface area contributed by atoms with Gasteiger partial charge in [0.05, 0.1) is 23.0 Å². The normalized spacial score (nSPS) is 14.9. The number of para-hydroxylation sites is 1. The molecule has 0 atom stereocenters. The minimum absolute atomic E-state index is 0.159. The van der Waals surface area contributed by atoms with Crippen molar-refractivity contribution in [3.8, 4) is 5.75 Å². The van der Waals surface area contributed by atoms with Crippen molar-refractivity contribution < 1.29 is 9.53 Å². The second kappa shape index (κ2) is 9.11. The first-order valence-corrected chi connectivity index (χ1v) is 9.80. The van der Waals surface area contributed by atoms with Crippen LogP contribution >= 0.6 is 11.6 Å². The fraction of sp³-hybridized carbons (Fsp3) is 0.381. The third-order valence-corrected chi connectivity index (χ3v) is 5.10. The lowest BCUT2D eigenvalue weighted by Gasteiger charge is -2.36. The molecule has 3 rings (SSSR count). The SMILES string of the molecule is CCOc1ccc(C(=O)Nc2cccc(Cl)c2N2CCN(CC)CC2)cc1. The maximum absolute atomic E-state index is 12.7. The number of amides is 1. The van der Waals surface area contributed by atoms with Gasteiger partial charge in [-0.05, 0) is 49.9 Å². The smallest absolute Gasteiger partial charge is 0.255 e. The molecule has 2 aromatic rings. The molecular formula is C21H26ClN3O2. The molecule has 1 amide bonds. The van der Waals surface area contributed by atoms with Gasteiger partial charge in [-0.2, -0.15) is 0 Å². The van der Waals surface area contributed by atoms with Gasteiger partial charge >= 0.3 is 0 Å². The molecule has 1 aliphatic rings. The Bertz CT molecular complexity index is 771. The largest absolute Gasteiger partial charge is 0.494 e. The molecule has 6 heteroatoms. The van der Waals surface area contributed by atoms with Crippen molar-refractivity contribution in [2.75, 3.05) is 49.5 Å². The minimum atomic E-state index is -0.159. The lowest BCUT2D eigenvalue weighted by Crippen LogP contribution is -2.46. The van der Waals surface area contributed by atoms with E-state index in [1.54, 1.807) is 24.3 Å². The van der Waals surface area contributed by atoms with Crippen molar-refractivity contribution in [1.29, 1.82) is 0 Å². The van der Waals surface area contributed by atoms with Gasteiger partial charge in [0.2, 0.25) is 0 Å². The first kappa shape index (κ1) is 19.5. The Morgan fingerprint density at radius 2 is 1.78 bits per heavy atom. The van der Waals surface area contributed by atoms with E-state index in [1.807, 2.05) is 25.1 Å². The van der Waals surface area contributed by atoms with E-state index in [0.717, 1.165) is 49.8 Å². The van der Waals surface area contributed by atoms with E-state index in [0.29, 0.717) is 17.2 Å². The van der Waals surface area contributed by atoms with Crippen LogP contribution in [-0.4, -0.2) is 50.1 Å². The average Bonchev–Trinajstić information content (AvgIpc) is 2.69. The molecule has 1 heterocycles. The summed E-state index contributed by atoms with van der Waals surface area (Å²) in [5.74, 6) is 0.597. The summed E-state index contributed by atoms with van der Waals surface area (Å²) in [6.45, 7) is 9.53. The Morgan fingerprint density at radius 3 is 2.41 bits per heavy atom. The third-order valence-electron chi connectivity index (χ3n) is 4.80. The highest BCUT2D eigenvalue weighted by molar-refractivity contribution is 6.34. The van der Waals surface area contributed by atoms with Crippen LogP contribution in [0.5, 0.6) is 5.75 Å². The molecule has 0 radical (unpaired) electrons. The number of halogens is 1. The van der Waals surface area contributed by atoms with Gasteiger partial charge < -0.3 is 19.9 Å². The van der Waals surface area contributed by atoms with Crippen molar-refractivity contribution in [3.63, 3.8) is 0 Å². The molecule has 1 fully saturated rings. The van der Waals surface area contributed by atoms with Gasteiger partial charge in [-0.3, -0.25) is 4.79 Å². The van der Waals surface area contributed by atoms with E-state index in [4.69, 9.17) is 16.3 Å². The predicted octanol–water partition coefficient (Wildman–Crippen LogP) is 4.13. The van der Waals surface area contributed by atoms with Crippen molar-refractivity contribution in [2.45, 2.75) is 13.8 Å². The van der Waals surface area contributed by atoms with E-state index in [2.05, 4.69) is 22.0 Å². The predicted molar refractivity (Wildman–Crippen MR) is 111 cm³/mol. The number of hydrogen-bond donors (Lipinski definition) is 1. The summed E-state index contributed by atoms with van der Waals surface area (Å²) in [4.78, 5) is 17.4. The molecule has 1 N–H and O–H groups in total. The molecule has 0 aliphatic carbocycles. The number of nitrogens with zero attached hydrogens (tertiary/aromatic N) is 2. The minimum Gasteiger partial charge on any atom is -0.494 e. The van der Waals surface area contributed by atoms with Crippen LogP contribution in [0.15, 0.2) is 42.5 Å². The van der Waals surface area contributed by atoms with Gasteiger partial charge in [0, 0.05) is 31.7 Å². The molecule has 2 aromatic carbocycles. The monoisotopic (exact) mass is 387 g/mol. The second-order valence-corrected chi connectivity index (χ2v) is 6.88. The molecule has 27 heavy (non-hydrogen) atoms. The molecule has 0 saturated carbocycles.